The summed E-state index contributed by atoms with van der Waals surface area (Å²) in [6.45, 7) is 3.39. The van der Waals surface area contributed by atoms with Crippen LogP contribution in [-0.4, -0.2) is 22.1 Å². The molecule has 0 saturated heterocycles. The summed E-state index contributed by atoms with van der Waals surface area (Å²) in [6, 6.07) is 12.8. The Balaban J connectivity index is 2.27. The number of rotatable bonds is 6. The van der Waals surface area contributed by atoms with Crippen molar-refractivity contribution < 1.29 is 19.8 Å². The first kappa shape index (κ1) is 16.9. The van der Waals surface area contributed by atoms with Crippen LogP contribution >= 0.6 is 0 Å². The maximum absolute atomic E-state index is 11.5. The van der Waals surface area contributed by atoms with Crippen LogP contribution in [0.1, 0.15) is 22.1 Å². The molecule has 0 aliphatic carbocycles. The molecule has 1 atom stereocenters. The number of amides is 1. The monoisotopic (exact) mass is 325 g/mol. The van der Waals surface area contributed by atoms with E-state index in [0.717, 1.165) is 6.08 Å². The molecular formula is C17H15N3O4. The molecule has 0 aliphatic heterocycles. The van der Waals surface area contributed by atoms with E-state index in [4.69, 9.17) is 5.11 Å². The van der Waals surface area contributed by atoms with Gasteiger partial charge in [-0.05, 0) is 23.8 Å². The van der Waals surface area contributed by atoms with Crippen molar-refractivity contribution >= 4 is 17.6 Å². The maximum atomic E-state index is 11.5. The number of benzene rings is 2. The van der Waals surface area contributed by atoms with Gasteiger partial charge in [0.1, 0.15) is 11.3 Å². The molecule has 2 aromatic carbocycles. The Morgan fingerprint density at radius 1 is 1.17 bits per heavy atom. The summed E-state index contributed by atoms with van der Waals surface area (Å²) in [5.41, 5.74) is 0.739. The van der Waals surface area contributed by atoms with Crippen LogP contribution in [0.15, 0.2) is 71.4 Å². The molecule has 0 aromatic heterocycles. The Labute approximate surface area is 138 Å². The van der Waals surface area contributed by atoms with E-state index in [0.29, 0.717) is 5.56 Å². The standard InChI is InChI=1S/C17H15N3O4/c1-2-15(22)18-16(11-6-4-3-5-7-11)20-19-12-8-9-13(17(23)24)14(21)10-12/h2-10,16,21H,1H2,(H,18,22)(H,23,24). The summed E-state index contributed by atoms with van der Waals surface area (Å²) in [5, 5.41) is 29.2. The third-order valence-electron chi connectivity index (χ3n) is 3.08. The third kappa shape index (κ3) is 4.26. The number of carboxylic acids is 1. The second-order valence-electron chi connectivity index (χ2n) is 4.75. The van der Waals surface area contributed by atoms with Crippen molar-refractivity contribution in [2.24, 2.45) is 10.2 Å². The first-order valence-electron chi connectivity index (χ1n) is 6.96. The highest BCUT2D eigenvalue weighted by molar-refractivity contribution is 5.91. The van der Waals surface area contributed by atoms with E-state index in [-0.39, 0.29) is 11.3 Å². The summed E-state index contributed by atoms with van der Waals surface area (Å²) in [6.07, 6.45) is 0.386. The molecule has 24 heavy (non-hydrogen) atoms. The Kier molecular flexibility index (Phi) is 5.40. The van der Waals surface area contributed by atoms with Crippen LogP contribution in [0.3, 0.4) is 0 Å². The zero-order valence-corrected chi connectivity index (χ0v) is 12.6. The number of nitrogens with zero attached hydrogens (tertiary/aromatic N) is 2. The van der Waals surface area contributed by atoms with Crippen LogP contribution in [-0.2, 0) is 4.79 Å². The molecule has 0 saturated carbocycles. The smallest absolute Gasteiger partial charge is 0.339 e. The molecule has 7 nitrogen and oxygen atoms in total. The van der Waals surface area contributed by atoms with Crippen molar-refractivity contribution in [1.29, 1.82) is 0 Å². The van der Waals surface area contributed by atoms with Gasteiger partial charge in [0.15, 0.2) is 6.17 Å². The largest absolute Gasteiger partial charge is 0.507 e. The summed E-state index contributed by atoms with van der Waals surface area (Å²) < 4.78 is 0. The fourth-order valence-electron chi connectivity index (χ4n) is 1.90. The van der Waals surface area contributed by atoms with E-state index >= 15 is 0 Å². The molecule has 0 fully saturated rings. The van der Waals surface area contributed by atoms with Crippen LogP contribution in [0.4, 0.5) is 5.69 Å². The van der Waals surface area contributed by atoms with Gasteiger partial charge in [0.2, 0.25) is 5.91 Å². The van der Waals surface area contributed by atoms with Gasteiger partial charge in [-0.15, -0.1) is 0 Å². The number of hydrogen-bond acceptors (Lipinski definition) is 5. The van der Waals surface area contributed by atoms with Gasteiger partial charge in [-0.1, -0.05) is 36.9 Å². The number of carboxylic acid groups (broad SMARTS) is 1. The molecule has 0 aliphatic rings. The summed E-state index contributed by atoms with van der Waals surface area (Å²) >= 11 is 0. The van der Waals surface area contributed by atoms with E-state index < -0.39 is 23.8 Å². The van der Waals surface area contributed by atoms with Gasteiger partial charge < -0.3 is 15.5 Å². The molecule has 0 radical (unpaired) electrons. The highest BCUT2D eigenvalue weighted by Gasteiger charge is 2.13. The lowest BCUT2D eigenvalue weighted by Gasteiger charge is -2.12. The fourth-order valence-corrected chi connectivity index (χ4v) is 1.90. The van der Waals surface area contributed by atoms with E-state index in [1.54, 1.807) is 24.3 Å². The number of aromatic carboxylic acids is 1. The van der Waals surface area contributed by atoms with Gasteiger partial charge >= 0.3 is 5.97 Å². The number of nitrogens with one attached hydrogen (secondary N) is 1. The normalized spacial score (nSPS) is 11.8. The summed E-state index contributed by atoms with van der Waals surface area (Å²) in [7, 11) is 0. The molecule has 0 heterocycles. The van der Waals surface area contributed by atoms with Gasteiger partial charge in [0.25, 0.3) is 0 Å². The molecule has 1 unspecified atom stereocenters. The molecular weight excluding hydrogens is 310 g/mol. The maximum Gasteiger partial charge on any atom is 0.339 e. The molecule has 7 heteroatoms. The highest BCUT2D eigenvalue weighted by Crippen LogP contribution is 2.25. The van der Waals surface area contributed by atoms with Crippen molar-refractivity contribution in [3.63, 3.8) is 0 Å². The topological polar surface area (TPSA) is 111 Å². The quantitative estimate of drug-likeness (QED) is 0.559. The average Bonchev–Trinajstić information content (AvgIpc) is 2.58. The van der Waals surface area contributed by atoms with Crippen molar-refractivity contribution in [3.05, 3.63) is 72.3 Å². The minimum absolute atomic E-state index is 0.228. The van der Waals surface area contributed by atoms with Gasteiger partial charge in [-0.3, -0.25) is 4.79 Å². The van der Waals surface area contributed by atoms with Crippen molar-refractivity contribution in [3.8, 4) is 5.75 Å². The van der Waals surface area contributed by atoms with Crippen molar-refractivity contribution in [2.75, 3.05) is 0 Å². The lowest BCUT2D eigenvalue weighted by molar-refractivity contribution is -0.117. The zero-order chi connectivity index (χ0) is 17.5. The predicted octanol–water partition coefficient (Wildman–Crippen LogP) is 3.18. The number of phenols is 1. The lowest BCUT2D eigenvalue weighted by atomic mass is 10.2. The second kappa shape index (κ2) is 7.68. The van der Waals surface area contributed by atoms with Crippen LogP contribution < -0.4 is 5.32 Å². The van der Waals surface area contributed by atoms with E-state index in [1.807, 2.05) is 6.07 Å². The zero-order valence-electron chi connectivity index (χ0n) is 12.6. The number of carbonyl (C=O) groups is 2. The molecule has 0 bridgehead atoms. The van der Waals surface area contributed by atoms with Gasteiger partial charge in [-0.2, -0.15) is 10.2 Å². The van der Waals surface area contributed by atoms with Gasteiger partial charge in [-0.25, -0.2) is 4.79 Å². The lowest BCUT2D eigenvalue weighted by Crippen LogP contribution is -2.25. The Hall–Kier alpha value is -3.48. The van der Waals surface area contributed by atoms with Crippen LogP contribution in [0.25, 0.3) is 0 Å². The van der Waals surface area contributed by atoms with Gasteiger partial charge in [0, 0.05) is 6.07 Å². The summed E-state index contributed by atoms with van der Waals surface area (Å²) in [4.78, 5) is 22.4. The Morgan fingerprint density at radius 3 is 2.46 bits per heavy atom. The third-order valence-corrected chi connectivity index (χ3v) is 3.08. The Morgan fingerprint density at radius 2 is 1.88 bits per heavy atom. The molecule has 2 rings (SSSR count). The number of azo groups is 1. The van der Waals surface area contributed by atoms with Crippen molar-refractivity contribution in [2.45, 2.75) is 6.17 Å². The van der Waals surface area contributed by atoms with Crippen molar-refractivity contribution in [1.82, 2.24) is 5.32 Å². The molecule has 3 N–H and O–H groups in total. The number of aromatic hydroxyl groups is 1. The molecule has 1 amide bonds. The summed E-state index contributed by atoms with van der Waals surface area (Å²) in [5.74, 6) is -2.06. The fraction of sp³-hybridized carbons (Fsp3) is 0.0588. The first-order chi connectivity index (χ1) is 11.5. The van der Waals surface area contributed by atoms with Crippen LogP contribution in [0.2, 0.25) is 0 Å². The van der Waals surface area contributed by atoms with E-state index in [2.05, 4.69) is 22.1 Å². The number of carbonyl (C=O) groups excluding carboxylic acids is 1. The molecule has 122 valence electrons. The predicted molar refractivity (Wildman–Crippen MR) is 87.1 cm³/mol. The SMILES string of the molecule is C=CC(=O)NC(N=Nc1ccc(C(=O)O)c(O)c1)c1ccccc1. The van der Waals surface area contributed by atoms with E-state index in [1.165, 1.54) is 18.2 Å². The van der Waals surface area contributed by atoms with Crippen LogP contribution in [0, 0.1) is 0 Å². The second-order valence-corrected chi connectivity index (χ2v) is 4.75. The average molecular weight is 325 g/mol. The highest BCUT2D eigenvalue weighted by atomic mass is 16.4. The van der Waals surface area contributed by atoms with E-state index in [9.17, 15) is 14.7 Å². The molecule has 0 spiro atoms. The van der Waals surface area contributed by atoms with Crippen LogP contribution in [0.5, 0.6) is 5.75 Å². The van der Waals surface area contributed by atoms with Gasteiger partial charge in [0.05, 0.1) is 5.69 Å². The Bertz CT molecular complexity index is 788. The minimum atomic E-state index is -1.24. The minimum Gasteiger partial charge on any atom is -0.507 e. The first-order valence-corrected chi connectivity index (χ1v) is 6.96. The molecule has 2 aromatic rings. The number of hydrogen-bond donors (Lipinski definition) is 3.